The molecule has 0 atom stereocenters. The second-order valence-corrected chi connectivity index (χ2v) is 7.83. The quantitative estimate of drug-likeness (QED) is 0.640. The maximum Gasteiger partial charge on any atom is 0.418 e. The minimum Gasteiger partial charge on any atom is -0.343 e. The molecule has 0 radical (unpaired) electrons. The molecule has 31 heavy (non-hydrogen) atoms. The van der Waals surface area contributed by atoms with Gasteiger partial charge in [0.25, 0.3) is 0 Å². The molecule has 1 aliphatic rings. The normalized spacial score (nSPS) is 14.5. The molecule has 2 heterocycles. The van der Waals surface area contributed by atoms with Gasteiger partial charge in [0.2, 0.25) is 5.13 Å². The second kappa shape index (κ2) is 8.93. The van der Waals surface area contributed by atoms with E-state index in [1.165, 1.54) is 34.6 Å². The van der Waals surface area contributed by atoms with Gasteiger partial charge in [-0.15, -0.1) is 0 Å². The molecule has 1 saturated heterocycles. The van der Waals surface area contributed by atoms with Crippen LogP contribution in [0.3, 0.4) is 0 Å². The van der Waals surface area contributed by atoms with Crippen molar-refractivity contribution in [2.75, 3.05) is 36.4 Å². The van der Waals surface area contributed by atoms with Gasteiger partial charge in [-0.2, -0.15) is 17.5 Å². The van der Waals surface area contributed by atoms with E-state index in [0.29, 0.717) is 32.6 Å². The third-order valence-electron chi connectivity index (χ3n) is 4.97. The predicted molar refractivity (Wildman–Crippen MR) is 113 cm³/mol. The molecule has 6 nitrogen and oxygen atoms in total. The minimum atomic E-state index is -4.53. The summed E-state index contributed by atoms with van der Waals surface area (Å²) in [5.41, 5.74) is 0.0337. The Morgan fingerprint density at radius 1 is 1.00 bits per heavy atom. The zero-order valence-corrected chi connectivity index (χ0v) is 17.3. The van der Waals surface area contributed by atoms with Crippen LogP contribution in [-0.4, -0.2) is 46.5 Å². The van der Waals surface area contributed by atoms with Crippen LogP contribution in [0.15, 0.2) is 54.6 Å². The van der Waals surface area contributed by atoms with Crippen LogP contribution in [0.1, 0.15) is 17.0 Å². The van der Waals surface area contributed by atoms with Crippen LogP contribution in [0.2, 0.25) is 0 Å². The van der Waals surface area contributed by atoms with Gasteiger partial charge in [0.15, 0.2) is 0 Å². The lowest BCUT2D eigenvalue weighted by molar-refractivity contribution is -0.136. The molecule has 4 rings (SSSR count). The van der Waals surface area contributed by atoms with Crippen LogP contribution in [0, 0.1) is 0 Å². The Balaban J connectivity index is 1.34. The van der Waals surface area contributed by atoms with Crippen molar-refractivity contribution >= 4 is 28.4 Å². The third-order valence-corrected chi connectivity index (χ3v) is 5.79. The number of carbonyl (C=O) groups excluding carboxylic acids is 1. The smallest absolute Gasteiger partial charge is 0.343 e. The number of amides is 2. The number of urea groups is 1. The summed E-state index contributed by atoms with van der Waals surface area (Å²) in [4.78, 5) is 20.6. The van der Waals surface area contributed by atoms with Gasteiger partial charge in [0.1, 0.15) is 5.82 Å². The maximum atomic E-state index is 13.1. The van der Waals surface area contributed by atoms with Crippen LogP contribution in [0.5, 0.6) is 0 Å². The molecule has 2 aromatic carbocycles. The maximum absolute atomic E-state index is 13.1. The number of halogens is 3. The van der Waals surface area contributed by atoms with Crippen LogP contribution in [-0.2, 0) is 12.6 Å². The van der Waals surface area contributed by atoms with E-state index in [1.807, 2.05) is 35.2 Å². The Labute approximate surface area is 181 Å². The Bertz CT molecular complexity index is 1030. The minimum absolute atomic E-state index is 0.239. The number of para-hydroxylation sites is 1. The molecule has 10 heteroatoms. The first-order valence-corrected chi connectivity index (χ1v) is 10.5. The fraction of sp³-hybridized carbons (Fsp3) is 0.286. The molecule has 1 fully saturated rings. The molecule has 0 bridgehead atoms. The van der Waals surface area contributed by atoms with Gasteiger partial charge < -0.3 is 15.1 Å². The number of alkyl halides is 3. The molecular formula is C21H20F3N5OS. The number of nitrogens with one attached hydrogen (secondary N) is 1. The lowest BCUT2D eigenvalue weighted by Gasteiger charge is -2.34. The Morgan fingerprint density at radius 2 is 1.68 bits per heavy atom. The van der Waals surface area contributed by atoms with E-state index in [0.717, 1.165) is 22.6 Å². The van der Waals surface area contributed by atoms with E-state index >= 15 is 0 Å². The molecule has 2 amide bonds. The zero-order chi connectivity index (χ0) is 21.8. The van der Waals surface area contributed by atoms with Crippen LogP contribution < -0.4 is 10.2 Å². The Kier molecular flexibility index (Phi) is 6.08. The average molecular weight is 447 g/mol. The first kappa shape index (κ1) is 21.1. The molecule has 0 unspecified atom stereocenters. The van der Waals surface area contributed by atoms with Crippen molar-refractivity contribution in [2.24, 2.45) is 0 Å². The summed E-state index contributed by atoms with van der Waals surface area (Å²) in [5, 5.41) is 3.18. The highest BCUT2D eigenvalue weighted by Gasteiger charge is 2.34. The summed E-state index contributed by atoms with van der Waals surface area (Å²) in [6.45, 7) is 1.84. The lowest BCUT2D eigenvalue weighted by Crippen LogP contribution is -2.50. The molecule has 0 saturated carbocycles. The van der Waals surface area contributed by atoms with Gasteiger partial charge >= 0.3 is 12.2 Å². The van der Waals surface area contributed by atoms with Crippen molar-refractivity contribution in [3.63, 3.8) is 0 Å². The number of benzene rings is 2. The summed E-state index contributed by atoms with van der Waals surface area (Å²) in [6.07, 6.45) is -3.88. The van der Waals surface area contributed by atoms with Crippen LogP contribution in [0.4, 0.5) is 28.8 Å². The summed E-state index contributed by atoms with van der Waals surface area (Å²) >= 11 is 1.31. The molecule has 0 aliphatic carbocycles. The van der Waals surface area contributed by atoms with E-state index in [2.05, 4.69) is 14.7 Å². The Hall–Kier alpha value is -3.14. The van der Waals surface area contributed by atoms with E-state index in [1.54, 1.807) is 0 Å². The highest BCUT2D eigenvalue weighted by Crippen LogP contribution is 2.34. The van der Waals surface area contributed by atoms with E-state index < -0.39 is 17.8 Å². The molecule has 3 aromatic rings. The Morgan fingerprint density at radius 3 is 2.39 bits per heavy atom. The number of carbonyl (C=O) groups is 1. The molecule has 162 valence electrons. The van der Waals surface area contributed by atoms with Gasteiger partial charge in [-0.1, -0.05) is 42.5 Å². The number of nitrogens with zero attached hydrogens (tertiary/aromatic N) is 4. The molecule has 1 aromatic heterocycles. The standard InChI is InChI=1S/C21H20F3N5OS/c22-21(23,24)16-8-4-5-9-17(16)25-19(30)28-10-12-29(13-11-28)20-26-18(27-31-20)14-15-6-2-1-3-7-15/h1-9H,10-14H2,(H,25,30). The number of hydrogen-bond donors (Lipinski definition) is 1. The highest BCUT2D eigenvalue weighted by molar-refractivity contribution is 7.09. The largest absolute Gasteiger partial charge is 0.418 e. The molecule has 1 N–H and O–H groups in total. The van der Waals surface area contributed by atoms with Crippen molar-refractivity contribution in [3.05, 3.63) is 71.5 Å². The van der Waals surface area contributed by atoms with Crippen molar-refractivity contribution < 1.29 is 18.0 Å². The van der Waals surface area contributed by atoms with E-state index in [-0.39, 0.29) is 5.69 Å². The SMILES string of the molecule is O=C(Nc1ccccc1C(F)(F)F)N1CCN(c2nc(Cc3ccccc3)ns2)CC1. The van der Waals surface area contributed by atoms with Gasteiger partial charge in [0, 0.05) is 44.1 Å². The van der Waals surface area contributed by atoms with Crippen molar-refractivity contribution in [3.8, 4) is 0 Å². The van der Waals surface area contributed by atoms with E-state index in [4.69, 9.17) is 0 Å². The number of hydrogen-bond acceptors (Lipinski definition) is 5. The molecule has 0 spiro atoms. The van der Waals surface area contributed by atoms with Crippen molar-refractivity contribution in [1.29, 1.82) is 0 Å². The summed E-state index contributed by atoms with van der Waals surface area (Å²) in [5.74, 6) is 0.745. The van der Waals surface area contributed by atoms with E-state index in [9.17, 15) is 18.0 Å². The fourth-order valence-electron chi connectivity index (χ4n) is 3.36. The second-order valence-electron chi connectivity index (χ2n) is 7.10. The predicted octanol–water partition coefficient (Wildman–Crippen LogP) is 4.50. The number of aromatic nitrogens is 2. The van der Waals surface area contributed by atoms with Gasteiger partial charge in [-0.25, -0.2) is 9.78 Å². The summed E-state index contributed by atoms with van der Waals surface area (Å²) < 4.78 is 43.8. The first-order chi connectivity index (χ1) is 14.9. The zero-order valence-electron chi connectivity index (χ0n) is 16.5. The monoisotopic (exact) mass is 447 g/mol. The van der Waals surface area contributed by atoms with Crippen molar-refractivity contribution in [1.82, 2.24) is 14.3 Å². The average Bonchev–Trinajstić information content (AvgIpc) is 3.22. The fourth-order valence-corrected chi connectivity index (χ4v) is 4.09. The van der Waals surface area contributed by atoms with Crippen molar-refractivity contribution in [2.45, 2.75) is 12.6 Å². The third kappa shape index (κ3) is 5.13. The lowest BCUT2D eigenvalue weighted by atomic mass is 10.1. The van der Waals surface area contributed by atoms with Gasteiger partial charge in [0.05, 0.1) is 11.3 Å². The topological polar surface area (TPSA) is 61.4 Å². The first-order valence-electron chi connectivity index (χ1n) is 9.74. The summed E-state index contributed by atoms with van der Waals surface area (Å²) in [7, 11) is 0. The van der Waals surface area contributed by atoms with Gasteiger partial charge in [-0.05, 0) is 17.7 Å². The van der Waals surface area contributed by atoms with Crippen LogP contribution in [0.25, 0.3) is 0 Å². The highest BCUT2D eigenvalue weighted by atomic mass is 32.1. The van der Waals surface area contributed by atoms with Crippen LogP contribution >= 0.6 is 11.5 Å². The molecular weight excluding hydrogens is 427 g/mol. The summed E-state index contributed by atoms with van der Waals surface area (Å²) in [6, 6.07) is 14.4. The molecule has 1 aliphatic heterocycles. The number of rotatable bonds is 4. The number of piperazine rings is 1. The van der Waals surface area contributed by atoms with Gasteiger partial charge in [-0.3, -0.25) is 0 Å². The number of anilines is 2.